The molecule has 5 nitrogen and oxygen atoms in total. The monoisotopic (exact) mass is 248 g/mol. The maximum atomic E-state index is 9.49. The topological polar surface area (TPSA) is 70.4 Å². The van der Waals surface area contributed by atoms with Crippen molar-refractivity contribution in [2.24, 2.45) is 5.10 Å². The minimum absolute atomic E-state index is 0.156. The number of halogens is 1. The normalized spacial score (nSPS) is 10.6. The molecule has 0 atom stereocenters. The lowest BCUT2D eigenvalue weighted by Gasteiger charge is -2.00. The molecule has 0 saturated carbocycles. The molecular weight excluding hydrogens is 240 g/mol. The Hall–Kier alpha value is -2.14. The van der Waals surface area contributed by atoms with Crippen LogP contribution in [0.25, 0.3) is 0 Å². The Kier molecular flexibility index (Phi) is 3.52. The summed E-state index contributed by atoms with van der Waals surface area (Å²) in [6, 6.07) is 6.85. The summed E-state index contributed by atoms with van der Waals surface area (Å²) >= 11 is 5.78. The number of para-hydroxylation sites is 1. The minimum atomic E-state index is 0.156. The smallest absolute Gasteiger partial charge is 0.184 e. The van der Waals surface area contributed by atoms with Gasteiger partial charge in [0, 0.05) is 18.0 Å². The second-order valence-electron chi connectivity index (χ2n) is 3.12. The number of phenols is 1. The molecule has 1 heterocycles. The lowest BCUT2D eigenvalue weighted by Crippen LogP contribution is -1.95. The molecule has 0 aliphatic rings. The number of phenolic OH excluding ortho intramolecular Hbond substituents is 1. The highest BCUT2D eigenvalue weighted by atomic mass is 35.5. The fourth-order valence-corrected chi connectivity index (χ4v) is 1.30. The van der Waals surface area contributed by atoms with Crippen molar-refractivity contribution in [3.05, 3.63) is 47.4 Å². The minimum Gasteiger partial charge on any atom is -0.507 e. The van der Waals surface area contributed by atoms with E-state index in [1.807, 2.05) is 0 Å². The van der Waals surface area contributed by atoms with E-state index in [-0.39, 0.29) is 10.9 Å². The first-order valence-electron chi connectivity index (χ1n) is 4.81. The van der Waals surface area contributed by atoms with Crippen LogP contribution < -0.4 is 5.43 Å². The molecule has 0 aliphatic carbocycles. The SMILES string of the molecule is Oc1ccccc1/C=N\Nc1nccnc1Cl. The van der Waals surface area contributed by atoms with Gasteiger partial charge in [0.15, 0.2) is 11.0 Å². The molecule has 2 aromatic rings. The third-order valence-corrected chi connectivity index (χ3v) is 2.24. The van der Waals surface area contributed by atoms with E-state index in [0.29, 0.717) is 11.4 Å². The molecule has 0 saturated heterocycles. The van der Waals surface area contributed by atoms with Crippen LogP contribution in [-0.4, -0.2) is 21.3 Å². The van der Waals surface area contributed by atoms with E-state index in [9.17, 15) is 5.11 Å². The van der Waals surface area contributed by atoms with Crippen molar-refractivity contribution in [2.75, 3.05) is 5.43 Å². The summed E-state index contributed by atoms with van der Waals surface area (Å²) in [7, 11) is 0. The van der Waals surface area contributed by atoms with E-state index in [1.54, 1.807) is 24.3 Å². The Morgan fingerprint density at radius 1 is 1.24 bits per heavy atom. The standard InChI is InChI=1S/C11H9ClN4O/c12-10-11(14-6-5-13-10)16-15-7-8-3-1-2-4-9(8)17/h1-7,17H,(H,14,16)/b15-7-. The van der Waals surface area contributed by atoms with E-state index in [0.717, 1.165) is 0 Å². The first kappa shape index (κ1) is 11.3. The highest BCUT2D eigenvalue weighted by molar-refractivity contribution is 6.31. The molecule has 0 aliphatic heterocycles. The van der Waals surface area contributed by atoms with E-state index in [2.05, 4.69) is 20.5 Å². The molecule has 2 N–H and O–H groups in total. The van der Waals surface area contributed by atoms with Crippen molar-refractivity contribution < 1.29 is 5.11 Å². The molecular formula is C11H9ClN4O. The fraction of sp³-hybridized carbons (Fsp3) is 0. The summed E-state index contributed by atoms with van der Waals surface area (Å²) in [4.78, 5) is 7.79. The van der Waals surface area contributed by atoms with Crippen molar-refractivity contribution in [3.8, 4) is 5.75 Å². The van der Waals surface area contributed by atoms with E-state index in [1.165, 1.54) is 18.6 Å². The van der Waals surface area contributed by atoms with Gasteiger partial charge in [0.2, 0.25) is 0 Å². The molecule has 0 spiro atoms. The number of anilines is 1. The van der Waals surface area contributed by atoms with E-state index >= 15 is 0 Å². The van der Waals surface area contributed by atoms with Crippen LogP contribution in [0, 0.1) is 0 Å². The highest BCUT2D eigenvalue weighted by Gasteiger charge is 1.99. The zero-order chi connectivity index (χ0) is 12.1. The van der Waals surface area contributed by atoms with Gasteiger partial charge in [-0.15, -0.1) is 0 Å². The van der Waals surface area contributed by atoms with Crippen LogP contribution in [0.2, 0.25) is 5.15 Å². The Balaban J connectivity index is 2.09. The van der Waals surface area contributed by atoms with Crippen molar-refractivity contribution >= 4 is 23.6 Å². The van der Waals surface area contributed by atoms with Crippen LogP contribution >= 0.6 is 11.6 Å². The number of hydrazone groups is 1. The van der Waals surface area contributed by atoms with Crippen LogP contribution in [0.3, 0.4) is 0 Å². The Morgan fingerprint density at radius 2 is 2.00 bits per heavy atom. The van der Waals surface area contributed by atoms with Crippen molar-refractivity contribution in [1.82, 2.24) is 9.97 Å². The number of nitrogens with one attached hydrogen (secondary N) is 1. The zero-order valence-corrected chi connectivity index (χ0v) is 9.46. The van der Waals surface area contributed by atoms with Crippen LogP contribution in [0.4, 0.5) is 5.82 Å². The summed E-state index contributed by atoms with van der Waals surface area (Å²) in [5, 5.41) is 13.6. The van der Waals surface area contributed by atoms with Crippen LogP contribution in [0.15, 0.2) is 41.8 Å². The van der Waals surface area contributed by atoms with Crippen molar-refractivity contribution in [1.29, 1.82) is 0 Å². The van der Waals surface area contributed by atoms with Gasteiger partial charge in [-0.05, 0) is 12.1 Å². The first-order chi connectivity index (χ1) is 8.27. The highest BCUT2D eigenvalue weighted by Crippen LogP contribution is 2.15. The number of hydrogen-bond donors (Lipinski definition) is 2. The predicted octanol–water partition coefficient (Wildman–Crippen LogP) is 2.28. The number of aromatic nitrogens is 2. The van der Waals surface area contributed by atoms with Crippen LogP contribution in [-0.2, 0) is 0 Å². The molecule has 0 radical (unpaired) electrons. The largest absolute Gasteiger partial charge is 0.507 e. The van der Waals surface area contributed by atoms with Gasteiger partial charge < -0.3 is 5.11 Å². The van der Waals surface area contributed by atoms with Gasteiger partial charge in [0.05, 0.1) is 6.21 Å². The first-order valence-corrected chi connectivity index (χ1v) is 5.19. The molecule has 0 fully saturated rings. The number of benzene rings is 1. The van der Waals surface area contributed by atoms with E-state index in [4.69, 9.17) is 11.6 Å². The van der Waals surface area contributed by atoms with Crippen LogP contribution in [0.5, 0.6) is 5.75 Å². The molecule has 6 heteroatoms. The van der Waals surface area contributed by atoms with Crippen molar-refractivity contribution in [2.45, 2.75) is 0 Å². The number of aromatic hydroxyl groups is 1. The number of hydrogen-bond acceptors (Lipinski definition) is 5. The third kappa shape index (κ3) is 2.92. The molecule has 0 unspecified atom stereocenters. The Labute approximate surface area is 103 Å². The average Bonchev–Trinajstić information content (AvgIpc) is 2.34. The Morgan fingerprint density at radius 3 is 2.76 bits per heavy atom. The molecule has 2 rings (SSSR count). The molecule has 0 bridgehead atoms. The summed E-state index contributed by atoms with van der Waals surface area (Å²) in [6.07, 6.45) is 4.46. The van der Waals surface area contributed by atoms with Gasteiger partial charge in [-0.1, -0.05) is 23.7 Å². The van der Waals surface area contributed by atoms with E-state index < -0.39 is 0 Å². The summed E-state index contributed by atoms with van der Waals surface area (Å²) < 4.78 is 0. The fourth-order valence-electron chi connectivity index (χ4n) is 1.16. The molecule has 1 aromatic heterocycles. The summed E-state index contributed by atoms with van der Waals surface area (Å²) in [5.41, 5.74) is 3.24. The third-order valence-electron chi connectivity index (χ3n) is 1.96. The van der Waals surface area contributed by atoms with Gasteiger partial charge in [-0.2, -0.15) is 5.10 Å². The summed E-state index contributed by atoms with van der Waals surface area (Å²) in [6.45, 7) is 0. The lowest BCUT2D eigenvalue weighted by molar-refractivity contribution is 0.474. The second kappa shape index (κ2) is 5.27. The Bertz CT molecular complexity index is 544. The predicted molar refractivity (Wildman–Crippen MR) is 66.4 cm³/mol. The average molecular weight is 249 g/mol. The van der Waals surface area contributed by atoms with Gasteiger partial charge in [-0.25, -0.2) is 9.97 Å². The van der Waals surface area contributed by atoms with Gasteiger partial charge >= 0.3 is 0 Å². The second-order valence-corrected chi connectivity index (χ2v) is 3.48. The van der Waals surface area contributed by atoms with Gasteiger partial charge in [0.25, 0.3) is 0 Å². The maximum Gasteiger partial charge on any atom is 0.184 e. The molecule has 17 heavy (non-hydrogen) atoms. The van der Waals surface area contributed by atoms with Gasteiger partial charge in [0.1, 0.15) is 5.75 Å². The molecule has 86 valence electrons. The lowest BCUT2D eigenvalue weighted by atomic mass is 10.2. The molecule has 1 aromatic carbocycles. The zero-order valence-electron chi connectivity index (χ0n) is 8.71. The number of rotatable bonds is 3. The van der Waals surface area contributed by atoms with Crippen LogP contribution in [0.1, 0.15) is 5.56 Å². The van der Waals surface area contributed by atoms with Gasteiger partial charge in [-0.3, -0.25) is 5.43 Å². The maximum absolute atomic E-state index is 9.49. The quantitative estimate of drug-likeness (QED) is 0.646. The van der Waals surface area contributed by atoms with Crippen molar-refractivity contribution in [3.63, 3.8) is 0 Å². The summed E-state index contributed by atoms with van der Waals surface area (Å²) in [5.74, 6) is 0.518. The number of nitrogens with zero attached hydrogens (tertiary/aromatic N) is 3. The molecule has 0 amide bonds.